The Morgan fingerprint density at radius 2 is 1.02 bits per heavy atom. The Kier molecular flexibility index (Phi) is 10.5. The zero-order valence-electron chi connectivity index (χ0n) is 27.3. The molecule has 4 aromatic rings. The van der Waals surface area contributed by atoms with Crippen molar-refractivity contribution in [3.05, 3.63) is 94.6 Å². The number of pyridine rings is 2. The van der Waals surface area contributed by atoms with Crippen molar-refractivity contribution in [1.29, 1.82) is 20.1 Å². The molecule has 0 fully saturated rings. The average Bonchev–Trinajstić information content (AvgIpc) is 3.50. The zero-order chi connectivity index (χ0) is 41.8. The highest BCUT2D eigenvalue weighted by atomic mass is 32.2. The molecule has 0 amide bonds. The van der Waals surface area contributed by atoms with Gasteiger partial charge in [0.25, 0.3) is 11.8 Å². The van der Waals surface area contributed by atoms with E-state index in [1.807, 2.05) is 0 Å². The molecule has 6 rings (SSSR count). The monoisotopic (exact) mass is 838 g/mol. The van der Waals surface area contributed by atoms with Crippen LogP contribution in [0.25, 0.3) is 0 Å². The summed E-state index contributed by atoms with van der Waals surface area (Å²) in [4.78, 5) is 4.94. The third-order valence-corrected chi connectivity index (χ3v) is 11.4. The van der Waals surface area contributed by atoms with E-state index in [0.717, 1.165) is 24.5 Å². The highest BCUT2D eigenvalue weighted by molar-refractivity contribution is 7.93. The lowest BCUT2D eigenvalue weighted by Gasteiger charge is -2.19. The number of aromatic nitrogens is 2. The smallest absolute Gasteiger partial charge is 0.455 e. The number of hydrogen-bond donors (Lipinski definition) is 4. The molecule has 2 unspecified atom stereocenters. The maximum atomic E-state index is 14.0. The van der Waals surface area contributed by atoms with Crippen LogP contribution < -0.4 is 9.47 Å². The number of halogens is 10. The molecule has 12 nitrogen and oxygen atoms in total. The van der Waals surface area contributed by atoms with Crippen LogP contribution in [0.3, 0.4) is 0 Å². The van der Waals surface area contributed by atoms with Gasteiger partial charge in [-0.25, -0.2) is 35.5 Å². The Morgan fingerprint density at radius 1 is 0.679 bits per heavy atom. The Morgan fingerprint density at radius 3 is 1.32 bits per heavy atom. The van der Waals surface area contributed by atoms with Crippen molar-refractivity contribution in [2.75, 3.05) is 0 Å². The van der Waals surface area contributed by atoms with Gasteiger partial charge >= 0.3 is 11.0 Å². The van der Waals surface area contributed by atoms with Gasteiger partial charge in [0, 0.05) is 59.6 Å². The summed E-state index contributed by atoms with van der Waals surface area (Å²) in [6.07, 6.45) is -3.01. The van der Waals surface area contributed by atoms with E-state index < -0.39 is 99.4 Å². The standard InChI is InChI=1S/2C16H10F5N3O3S/c2*17-15(18)4-10-11(27-9-3-8(5-22)6-24-7-9)1-2-12(13(10)14(15)25)28(23,26)16(19,20)21/h2*1-3,6-7,14,23,25H,4H2/t2*14-,28?/m00/s1. The van der Waals surface area contributed by atoms with Gasteiger partial charge in [-0.15, -0.1) is 0 Å². The van der Waals surface area contributed by atoms with Crippen molar-refractivity contribution in [2.45, 2.75) is 57.7 Å². The molecule has 0 saturated carbocycles. The summed E-state index contributed by atoms with van der Waals surface area (Å²) in [5.41, 5.74) is -13.8. The Labute approximate surface area is 308 Å². The Bertz CT molecular complexity index is 2360. The van der Waals surface area contributed by atoms with Gasteiger partial charge in [-0.05, 0) is 24.3 Å². The van der Waals surface area contributed by atoms with E-state index in [9.17, 15) is 62.5 Å². The second-order valence-corrected chi connectivity index (χ2v) is 15.9. The van der Waals surface area contributed by atoms with Crippen molar-refractivity contribution >= 4 is 19.5 Å². The number of rotatable bonds is 6. The van der Waals surface area contributed by atoms with Gasteiger partial charge in [-0.2, -0.15) is 36.9 Å². The molecular formula is C32H20F10N6O6S2. The molecule has 4 atom stereocenters. The summed E-state index contributed by atoms with van der Waals surface area (Å²) in [5, 5.41) is 37.4. The summed E-state index contributed by atoms with van der Waals surface area (Å²) in [6, 6.07) is 8.88. The first kappa shape index (κ1) is 41.6. The number of nitrogens with one attached hydrogen (secondary N) is 2. The second kappa shape index (κ2) is 14.2. The maximum absolute atomic E-state index is 14.0. The number of aliphatic hydroxyl groups is 2. The molecule has 24 heteroatoms. The lowest BCUT2D eigenvalue weighted by atomic mass is 10.1. The molecule has 2 aliphatic rings. The molecule has 0 radical (unpaired) electrons. The Balaban J connectivity index is 0.000000214. The van der Waals surface area contributed by atoms with Crippen molar-refractivity contribution in [3.63, 3.8) is 0 Å². The lowest BCUT2D eigenvalue weighted by Crippen LogP contribution is -2.26. The largest absolute Gasteiger partial charge is 0.483 e. The minimum Gasteiger partial charge on any atom is -0.455 e. The van der Waals surface area contributed by atoms with Gasteiger partial charge in [-0.3, -0.25) is 9.97 Å². The van der Waals surface area contributed by atoms with E-state index in [4.69, 9.17) is 29.6 Å². The summed E-state index contributed by atoms with van der Waals surface area (Å²) >= 11 is 0. The number of nitrogens with zero attached hydrogens (tertiary/aromatic N) is 4. The SMILES string of the molecule is N#Cc1cncc(Oc2ccc(S(=N)(=O)C(F)(F)F)c3c2CC(F)(F)[C@H]3O)c1.N#Cc1cncc(Oc2ccc(S(=N)(=O)C(F)(F)F)c3c2CC(F)(F)[C@H]3O)c1. The van der Waals surface area contributed by atoms with Gasteiger partial charge in [-0.1, -0.05) is 0 Å². The predicted molar refractivity (Wildman–Crippen MR) is 169 cm³/mol. The minimum atomic E-state index is -5.52. The molecule has 2 aromatic heterocycles. The number of fused-ring (bicyclic) bond motifs is 2. The molecule has 2 heterocycles. The number of ether oxygens (including phenoxy) is 2. The number of nitriles is 2. The van der Waals surface area contributed by atoms with Crippen molar-refractivity contribution in [2.24, 2.45) is 0 Å². The topological polar surface area (TPSA) is 214 Å². The lowest BCUT2D eigenvalue weighted by molar-refractivity contribution is -0.0979. The van der Waals surface area contributed by atoms with Crippen LogP contribution in [0, 0.1) is 32.2 Å². The molecule has 4 N–H and O–H groups in total. The third-order valence-electron chi connectivity index (χ3n) is 8.13. The molecule has 0 saturated heterocycles. The van der Waals surface area contributed by atoms with Gasteiger partial charge in [0.2, 0.25) is 0 Å². The minimum absolute atomic E-state index is 0.0545. The quantitative estimate of drug-likeness (QED) is 0.138. The van der Waals surface area contributed by atoms with Gasteiger partial charge in [0.1, 0.15) is 47.3 Å². The van der Waals surface area contributed by atoms with E-state index in [2.05, 4.69) is 9.97 Å². The fraction of sp³-hybridized carbons (Fsp3) is 0.250. The molecule has 2 aliphatic carbocycles. The molecule has 56 heavy (non-hydrogen) atoms. The molecule has 296 valence electrons. The summed E-state index contributed by atoms with van der Waals surface area (Å²) < 4.78 is 183. The highest BCUT2D eigenvalue weighted by Crippen LogP contribution is 2.53. The number of hydrogen-bond acceptors (Lipinski definition) is 12. The van der Waals surface area contributed by atoms with Crippen LogP contribution in [0.5, 0.6) is 23.0 Å². The average molecular weight is 839 g/mol. The molecule has 2 aromatic carbocycles. The predicted octanol–water partition coefficient (Wildman–Crippen LogP) is 7.79. The van der Waals surface area contributed by atoms with Crippen LogP contribution in [-0.4, -0.2) is 51.5 Å². The van der Waals surface area contributed by atoms with E-state index >= 15 is 0 Å². The zero-order valence-corrected chi connectivity index (χ0v) is 28.9. The highest BCUT2D eigenvalue weighted by Gasteiger charge is 2.55. The summed E-state index contributed by atoms with van der Waals surface area (Å²) in [6.45, 7) is 0. The fourth-order valence-corrected chi connectivity index (χ4v) is 7.67. The number of alkyl halides is 10. The normalized spacial score (nSPS) is 20.1. The summed E-state index contributed by atoms with van der Waals surface area (Å²) in [5.74, 6) is -8.45. The third kappa shape index (κ3) is 7.52. The first-order chi connectivity index (χ1) is 25.8. The fourth-order valence-electron chi connectivity index (χ4n) is 5.57. The number of benzene rings is 2. The van der Waals surface area contributed by atoms with Crippen LogP contribution in [-0.2, 0) is 32.3 Å². The molecular weight excluding hydrogens is 819 g/mol. The van der Waals surface area contributed by atoms with Crippen molar-refractivity contribution in [1.82, 2.24) is 9.97 Å². The van der Waals surface area contributed by atoms with Gasteiger partial charge in [0.05, 0.1) is 33.3 Å². The van der Waals surface area contributed by atoms with Crippen LogP contribution in [0.1, 0.15) is 45.6 Å². The molecule has 0 bridgehead atoms. The first-order valence-electron chi connectivity index (χ1n) is 15.0. The second-order valence-electron chi connectivity index (χ2n) is 11.8. The van der Waals surface area contributed by atoms with Crippen molar-refractivity contribution in [3.8, 4) is 35.1 Å². The van der Waals surface area contributed by atoms with Crippen LogP contribution in [0.15, 0.2) is 71.0 Å². The van der Waals surface area contributed by atoms with Gasteiger partial charge < -0.3 is 19.7 Å². The van der Waals surface area contributed by atoms with Crippen LogP contribution >= 0.6 is 0 Å². The van der Waals surface area contributed by atoms with E-state index in [1.54, 1.807) is 12.1 Å². The Hall–Kier alpha value is -5.56. The van der Waals surface area contributed by atoms with Crippen LogP contribution in [0.4, 0.5) is 43.9 Å². The molecule has 0 spiro atoms. The number of aliphatic hydroxyl groups excluding tert-OH is 2. The van der Waals surface area contributed by atoms with Crippen molar-refractivity contribution < 1.29 is 72.0 Å². The van der Waals surface area contributed by atoms with Crippen LogP contribution in [0.2, 0.25) is 0 Å². The molecule has 0 aliphatic heterocycles. The van der Waals surface area contributed by atoms with Gasteiger partial charge in [0.15, 0.2) is 19.5 Å². The van der Waals surface area contributed by atoms with E-state index in [-0.39, 0.29) is 34.1 Å². The first-order valence-corrected chi connectivity index (χ1v) is 18.1. The maximum Gasteiger partial charge on any atom is 0.483 e. The summed E-state index contributed by atoms with van der Waals surface area (Å²) in [7, 11) is -11.0. The van der Waals surface area contributed by atoms with E-state index in [0.29, 0.717) is 12.1 Å². The van der Waals surface area contributed by atoms with E-state index in [1.165, 1.54) is 24.5 Å².